The molecule has 0 spiro atoms. The van der Waals surface area contributed by atoms with Crippen LogP contribution in [0.1, 0.15) is 89.9 Å². The van der Waals surface area contributed by atoms with E-state index in [0.717, 1.165) is 42.2 Å². The van der Waals surface area contributed by atoms with Crippen molar-refractivity contribution in [3.8, 4) is 0 Å². The van der Waals surface area contributed by atoms with Crippen LogP contribution in [0.2, 0.25) is 0 Å². The quantitative estimate of drug-likeness (QED) is 0.683. The number of ether oxygens (including phenoxy) is 1. The number of fused-ring (bicyclic) bond motifs is 1. The highest BCUT2D eigenvalue weighted by atomic mass is 16.6. The zero-order chi connectivity index (χ0) is 20.7. The number of benzene rings is 1. The van der Waals surface area contributed by atoms with Crippen LogP contribution >= 0.6 is 0 Å². The Labute approximate surface area is 175 Å². The summed E-state index contributed by atoms with van der Waals surface area (Å²) in [5.41, 5.74) is 2.77. The largest absolute Gasteiger partial charge is 0.388 e. The van der Waals surface area contributed by atoms with Gasteiger partial charge in [-0.3, -0.25) is 0 Å². The maximum absolute atomic E-state index is 11.2. The van der Waals surface area contributed by atoms with Gasteiger partial charge in [0.2, 0.25) is 0 Å². The number of hydrogen-bond acceptors (Lipinski definition) is 3. The van der Waals surface area contributed by atoms with E-state index in [1.807, 2.05) is 24.3 Å². The van der Waals surface area contributed by atoms with E-state index in [1.165, 1.54) is 19.3 Å². The van der Waals surface area contributed by atoms with Gasteiger partial charge in [-0.2, -0.15) is 0 Å². The molecule has 0 amide bonds. The Balaban J connectivity index is 1.25. The van der Waals surface area contributed by atoms with Crippen molar-refractivity contribution in [2.45, 2.75) is 84.5 Å². The topological polar surface area (TPSA) is 49.7 Å². The molecular formula is C26H38O3. The summed E-state index contributed by atoms with van der Waals surface area (Å²) in [6.45, 7) is 10.3. The number of rotatable bonds is 5. The number of aliphatic hydroxyl groups is 2. The molecule has 7 unspecified atom stereocenters. The van der Waals surface area contributed by atoms with E-state index in [9.17, 15) is 10.2 Å². The molecule has 3 saturated carbocycles. The van der Waals surface area contributed by atoms with Gasteiger partial charge in [0.25, 0.3) is 0 Å². The van der Waals surface area contributed by atoms with Crippen LogP contribution in [0, 0.1) is 34.0 Å². The first-order valence-corrected chi connectivity index (χ1v) is 11.7. The molecule has 1 aliphatic heterocycles. The summed E-state index contributed by atoms with van der Waals surface area (Å²) < 4.78 is 5.66. The summed E-state index contributed by atoms with van der Waals surface area (Å²) in [4.78, 5) is 0. The van der Waals surface area contributed by atoms with E-state index >= 15 is 0 Å². The lowest BCUT2D eigenvalue weighted by molar-refractivity contribution is -0.233. The van der Waals surface area contributed by atoms with Gasteiger partial charge in [0.05, 0.1) is 12.7 Å². The average Bonchev–Trinajstić information content (AvgIpc) is 3.55. The van der Waals surface area contributed by atoms with Crippen molar-refractivity contribution in [1.29, 1.82) is 0 Å². The van der Waals surface area contributed by atoms with Crippen LogP contribution in [0.5, 0.6) is 0 Å². The van der Waals surface area contributed by atoms with Crippen LogP contribution in [0.4, 0.5) is 0 Å². The van der Waals surface area contributed by atoms with Gasteiger partial charge in [0.1, 0.15) is 0 Å². The molecule has 4 aliphatic rings. The Bertz CT molecular complexity index is 778. The van der Waals surface area contributed by atoms with E-state index < -0.39 is 11.9 Å². The lowest BCUT2D eigenvalue weighted by atomic mass is 9.69. The minimum absolute atomic E-state index is 0.0104. The van der Waals surface area contributed by atoms with Crippen molar-refractivity contribution < 1.29 is 14.9 Å². The molecular weight excluding hydrogens is 360 g/mol. The highest BCUT2D eigenvalue weighted by Gasteiger charge is 2.68. The molecule has 1 aromatic rings. The Hall–Kier alpha value is -0.900. The van der Waals surface area contributed by atoms with Crippen molar-refractivity contribution in [2.24, 2.45) is 34.0 Å². The summed E-state index contributed by atoms with van der Waals surface area (Å²) in [5.74, 6) is 1.20. The van der Waals surface area contributed by atoms with Gasteiger partial charge >= 0.3 is 0 Å². The minimum atomic E-state index is -1.15. The van der Waals surface area contributed by atoms with E-state index in [2.05, 4.69) is 27.7 Å². The fraction of sp³-hybridized carbons (Fsp3) is 0.769. The molecule has 160 valence electrons. The monoisotopic (exact) mass is 398 g/mol. The second-order valence-electron chi connectivity index (χ2n) is 11.7. The SMILES string of the molecule is CC1(C(O)c2ccc(C3(O)CCCCO3)cc2)CC1CC1CC2CC2(C)C1(C)C. The van der Waals surface area contributed by atoms with Crippen molar-refractivity contribution in [1.82, 2.24) is 0 Å². The van der Waals surface area contributed by atoms with E-state index in [0.29, 0.717) is 29.8 Å². The van der Waals surface area contributed by atoms with Crippen LogP contribution < -0.4 is 0 Å². The van der Waals surface area contributed by atoms with Crippen molar-refractivity contribution in [3.63, 3.8) is 0 Å². The zero-order valence-corrected chi connectivity index (χ0v) is 18.6. The molecule has 2 N–H and O–H groups in total. The predicted molar refractivity (Wildman–Crippen MR) is 114 cm³/mol. The second-order valence-corrected chi connectivity index (χ2v) is 11.7. The van der Waals surface area contributed by atoms with E-state index in [1.54, 1.807) is 0 Å². The van der Waals surface area contributed by atoms with Gasteiger partial charge in [-0.25, -0.2) is 0 Å². The molecule has 1 heterocycles. The molecule has 0 aromatic heterocycles. The van der Waals surface area contributed by atoms with Gasteiger partial charge in [0, 0.05) is 17.4 Å². The third-order valence-electron chi connectivity index (χ3n) is 10.1. The van der Waals surface area contributed by atoms with Crippen LogP contribution in [0.25, 0.3) is 0 Å². The lowest BCUT2D eigenvalue weighted by Crippen LogP contribution is -2.33. The summed E-state index contributed by atoms with van der Waals surface area (Å²) in [7, 11) is 0. The van der Waals surface area contributed by atoms with Crippen molar-refractivity contribution in [2.75, 3.05) is 6.61 Å². The molecule has 3 nitrogen and oxygen atoms in total. The molecule has 29 heavy (non-hydrogen) atoms. The van der Waals surface area contributed by atoms with Gasteiger partial charge < -0.3 is 14.9 Å². The average molecular weight is 399 g/mol. The van der Waals surface area contributed by atoms with Gasteiger partial charge in [-0.05, 0) is 72.7 Å². The van der Waals surface area contributed by atoms with E-state index in [4.69, 9.17) is 4.74 Å². The van der Waals surface area contributed by atoms with Crippen LogP contribution in [-0.4, -0.2) is 16.8 Å². The van der Waals surface area contributed by atoms with Crippen LogP contribution in [0.3, 0.4) is 0 Å². The molecule has 3 heteroatoms. The normalized spacial score (nSPS) is 46.2. The smallest absolute Gasteiger partial charge is 0.192 e. The van der Waals surface area contributed by atoms with E-state index in [-0.39, 0.29) is 5.41 Å². The molecule has 4 fully saturated rings. The first-order chi connectivity index (χ1) is 13.6. The van der Waals surface area contributed by atoms with Crippen LogP contribution in [-0.2, 0) is 10.5 Å². The van der Waals surface area contributed by atoms with Crippen molar-refractivity contribution in [3.05, 3.63) is 35.4 Å². The highest BCUT2D eigenvalue weighted by Crippen LogP contribution is 2.76. The molecule has 0 bridgehead atoms. The summed E-state index contributed by atoms with van der Waals surface area (Å²) in [6, 6.07) is 7.87. The Morgan fingerprint density at radius 3 is 2.34 bits per heavy atom. The molecule has 0 radical (unpaired) electrons. The van der Waals surface area contributed by atoms with Gasteiger partial charge in [-0.1, -0.05) is 52.0 Å². The third-order valence-corrected chi connectivity index (χ3v) is 10.1. The molecule has 1 aromatic carbocycles. The maximum atomic E-state index is 11.2. The third kappa shape index (κ3) is 2.95. The minimum Gasteiger partial charge on any atom is -0.388 e. The maximum Gasteiger partial charge on any atom is 0.192 e. The number of hydrogen-bond donors (Lipinski definition) is 2. The number of aliphatic hydroxyl groups excluding tert-OH is 1. The zero-order valence-electron chi connectivity index (χ0n) is 18.6. The fourth-order valence-corrected chi connectivity index (χ4v) is 6.90. The summed E-state index contributed by atoms with van der Waals surface area (Å²) in [6.07, 6.45) is 7.40. The lowest BCUT2D eigenvalue weighted by Gasteiger charge is -2.36. The molecule has 1 saturated heterocycles. The van der Waals surface area contributed by atoms with Gasteiger partial charge in [0.15, 0.2) is 5.79 Å². The van der Waals surface area contributed by atoms with Crippen molar-refractivity contribution >= 4 is 0 Å². The molecule has 5 rings (SSSR count). The van der Waals surface area contributed by atoms with Crippen LogP contribution in [0.15, 0.2) is 24.3 Å². The summed E-state index contributed by atoms with van der Waals surface area (Å²) in [5, 5.41) is 21.9. The first kappa shape index (κ1) is 20.0. The Morgan fingerprint density at radius 2 is 1.76 bits per heavy atom. The Kier molecular flexibility index (Phi) is 4.36. The summed E-state index contributed by atoms with van der Waals surface area (Å²) >= 11 is 0. The molecule has 3 aliphatic carbocycles. The first-order valence-electron chi connectivity index (χ1n) is 11.7. The fourth-order valence-electron chi connectivity index (χ4n) is 6.90. The molecule has 7 atom stereocenters. The highest BCUT2D eigenvalue weighted by molar-refractivity contribution is 5.30. The predicted octanol–water partition coefficient (Wildman–Crippen LogP) is 5.55. The second kappa shape index (κ2) is 6.31. The Morgan fingerprint density at radius 1 is 1.03 bits per heavy atom. The van der Waals surface area contributed by atoms with Gasteiger partial charge in [-0.15, -0.1) is 0 Å². The standard InChI is InChI=1S/C26H38O3/c1-23(2)19(14-21-16-25(21,23)4)13-20-15-24(20,3)22(27)17-7-9-18(10-8-17)26(28)11-5-6-12-29-26/h7-10,19-22,27-28H,5-6,11-16H2,1-4H3.